The van der Waals surface area contributed by atoms with Gasteiger partial charge in [0.15, 0.2) is 0 Å². The molecule has 3 nitrogen and oxygen atoms in total. The second-order valence-corrected chi connectivity index (χ2v) is 5.16. The van der Waals surface area contributed by atoms with Crippen LogP contribution in [0, 0.1) is 11.6 Å². The van der Waals surface area contributed by atoms with Gasteiger partial charge in [-0.1, -0.05) is 11.6 Å². The van der Waals surface area contributed by atoms with Gasteiger partial charge in [0.25, 0.3) is 0 Å². The summed E-state index contributed by atoms with van der Waals surface area (Å²) >= 11 is 8.57. The van der Waals surface area contributed by atoms with Crippen molar-refractivity contribution in [1.29, 1.82) is 0 Å². The van der Waals surface area contributed by atoms with Crippen molar-refractivity contribution in [2.75, 3.05) is 5.32 Å². The van der Waals surface area contributed by atoms with E-state index < -0.39 is 17.6 Å². The molecule has 0 heterocycles. The average molecular weight is 363 g/mol. The number of carboxylic acids is 1. The van der Waals surface area contributed by atoms with Crippen molar-refractivity contribution in [1.82, 2.24) is 0 Å². The quantitative estimate of drug-likeness (QED) is 0.770. The van der Waals surface area contributed by atoms with Crippen LogP contribution in [0.2, 0.25) is 5.02 Å². The van der Waals surface area contributed by atoms with E-state index in [2.05, 4.69) is 21.2 Å². The summed E-state index contributed by atoms with van der Waals surface area (Å²) in [5, 5.41) is 11.8. The van der Waals surface area contributed by atoms with Crippen LogP contribution in [-0.2, 0) is 0 Å². The summed E-state index contributed by atoms with van der Waals surface area (Å²) in [5.41, 5.74) is -0.196. The summed E-state index contributed by atoms with van der Waals surface area (Å²) in [6.07, 6.45) is 0. The zero-order valence-electron chi connectivity index (χ0n) is 9.75. The smallest absolute Gasteiger partial charge is 0.337 e. The lowest BCUT2D eigenvalue weighted by molar-refractivity contribution is 0.0698. The van der Waals surface area contributed by atoms with Gasteiger partial charge in [0.2, 0.25) is 0 Å². The van der Waals surface area contributed by atoms with E-state index in [1.807, 2.05) is 0 Å². The number of hydrogen-bond acceptors (Lipinski definition) is 2. The number of carbonyl (C=O) groups is 1. The zero-order chi connectivity index (χ0) is 14.9. The van der Waals surface area contributed by atoms with Gasteiger partial charge in [0.1, 0.15) is 11.6 Å². The number of aromatic carboxylic acids is 1. The molecule has 0 saturated heterocycles. The zero-order valence-corrected chi connectivity index (χ0v) is 12.1. The molecule has 0 unspecified atom stereocenters. The molecular weight excluding hydrogens is 356 g/mol. The Morgan fingerprint density at radius 1 is 1.15 bits per heavy atom. The molecule has 0 fully saturated rings. The maximum Gasteiger partial charge on any atom is 0.337 e. The minimum atomic E-state index is -1.23. The number of hydrogen-bond donors (Lipinski definition) is 2. The first-order valence-corrected chi connectivity index (χ1v) is 6.50. The van der Waals surface area contributed by atoms with Crippen LogP contribution in [0.3, 0.4) is 0 Å². The molecule has 104 valence electrons. The first kappa shape index (κ1) is 14.7. The van der Waals surface area contributed by atoms with Crippen LogP contribution < -0.4 is 5.32 Å². The summed E-state index contributed by atoms with van der Waals surface area (Å²) in [6.45, 7) is 0. The first-order chi connectivity index (χ1) is 9.38. The third-order valence-electron chi connectivity index (χ3n) is 2.49. The van der Waals surface area contributed by atoms with Crippen LogP contribution in [0.4, 0.5) is 20.2 Å². The lowest BCUT2D eigenvalue weighted by Crippen LogP contribution is -2.04. The Bertz CT molecular complexity index is 694. The molecule has 0 aliphatic rings. The second kappa shape index (κ2) is 5.76. The molecule has 20 heavy (non-hydrogen) atoms. The molecule has 2 N–H and O–H groups in total. The predicted molar refractivity (Wildman–Crippen MR) is 75.8 cm³/mol. The molecule has 0 radical (unpaired) electrons. The van der Waals surface area contributed by atoms with Crippen LogP contribution in [0.25, 0.3) is 0 Å². The molecule has 0 aliphatic heterocycles. The van der Waals surface area contributed by atoms with Gasteiger partial charge in [-0.15, -0.1) is 0 Å². The molecular formula is C13H7BrClF2NO2. The van der Waals surface area contributed by atoms with E-state index in [0.717, 1.165) is 12.1 Å². The molecule has 7 heteroatoms. The highest BCUT2D eigenvalue weighted by molar-refractivity contribution is 9.10. The lowest BCUT2D eigenvalue weighted by atomic mass is 10.1. The van der Waals surface area contributed by atoms with Gasteiger partial charge in [-0.2, -0.15) is 0 Å². The first-order valence-electron chi connectivity index (χ1n) is 5.33. The molecule has 0 atom stereocenters. The minimum absolute atomic E-state index is 0.0184. The van der Waals surface area contributed by atoms with Crippen molar-refractivity contribution in [2.24, 2.45) is 0 Å². The van der Waals surface area contributed by atoms with E-state index in [1.54, 1.807) is 0 Å². The Labute approximate surface area is 126 Å². The van der Waals surface area contributed by atoms with E-state index in [9.17, 15) is 13.6 Å². The molecule has 2 aromatic rings. The number of carboxylic acid groups (broad SMARTS) is 1. The number of halogens is 4. The normalized spacial score (nSPS) is 10.4. The Balaban J connectivity index is 2.45. The largest absolute Gasteiger partial charge is 0.478 e. The Kier molecular flexibility index (Phi) is 4.25. The van der Waals surface area contributed by atoms with E-state index in [4.69, 9.17) is 16.7 Å². The molecule has 0 saturated carbocycles. The molecule has 0 bridgehead atoms. The summed E-state index contributed by atoms with van der Waals surface area (Å²) in [4.78, 5) is 11.1. The molecule has 0 aromatic heterocycles. The lowest BCUT2D eigenvalue weighted by Gasteiger charge is -2.11. The van der Waals surface area contributed by atoms with Crippen LogP contribution in [0.1, 0.15) is 10.4 Å². The van der Waals surface area contributed by atoms with E-state index in [0.29, 0.717) is 0 Å². The number of nitrogens with one attached hydrogen (secondary N) is 1. The van der Waals surface area contributed by atoms with Gasteiger partial charge in [-0.05, 0) is 40.2 Å². The summed E-state index contributed by atoms with van der Waals surface area (Å²) < 4.78 is 27.1. The van der Waals surface area contributed by atoms with Crippen LogP contribution in [0.5, 0.6) is 0 Å². The van der Waals surface area contributed by atoms with Crippen LogP contribution >= 0.6 is 27.5 Å². The molecule has 0 amide bonds. The highest BCUT2D eigenvalue weighted by Gasteiger charge is 2.14. The third kappa shape index (κ3) is 3.08. The predicted octanol–water partition coefficient (Wildman–Crippen LogP) is 4.82. The Morgan fingerprint density at radius 3 is 2.50 bits per heavy atom. The number of benzene rings is 2. The fraction of sp³-hybridized carbons (Fsp3) is 0. The fourth-order valence-electron chi connectivity index (χ4n) is 1.57. The van der Waals surface area contributed by atoms with Gasteiger partial charge in [0, 0.05) is 11.1 Å². The highest BCUT2D eigenvalue weighted by atomic mass is 79.9. The van der Waals surface area contributed by atoms with Gasteiger partial charge in [-0.25, -0.2) is 13.6 Å². The van der Waals surface area contributed by atoms with E-state index in [1.165, 1.54) is 18.2 Å². The van der Waals surface area contributed by atoms with Crippen molar-refractivity contribution in [3.8, 4) is 0 Å². The van der Waals surface area contributed by atoms with Crippen molar-refractivity contribution in [2.45, 2.75) is 0 Å². The van der Waals surface area contributed by atoms with Gasteiger partial charge < -0.3 is 10.4 Å². The van der Waals surface area contributed by atoms with Crippen molar-refractivity contribution in [3.05, 3.63) is 57.0 Å². The van der Waals surface area contributed by atoms with Crippen LogP contribution in [0.15, 0.2) is 34.8 Å². The SMILES string of the molecule is O=C(O)c1cc(Cl)ccc1Nc1cc(F)c(Br)cc1F. The molecule has 0 aliphatic carbocycles. The standard InChI is InChI=1S/C13H7BrClF2NO2/c14-8-4-10(17)12(5-9(8)16)18-11-2-1-6(15)3-7(11)13(19)20/h1-5,18H,(H,19,20). The summed E-state index contributed by atoms with van der Waals surface area (Å²) in [5.74, 6) is -2.61. The van der Waals surface area contributed by atoms with E-state index in [-0.39, 0.29) is 26.4 Å². The monoisotopic (exact) mass is 361 g/mol. The van der Waals surface area contributed by atoms with Gasteiger partial charge >= 0.3 is 5.97 Å². The van der Waals surface area contributed by atoms with Gasteiger partial charge in [0.05, 0.1) is 21.4 Å². The molecule has 0 spiro atoms. The van der Waals surface area contributed by atoms with Crippen molar-refractivity contribution < 1.29 is 18.7 Å². The topological polar surface area (TPSA) is 49.3 Å². The summed E-state index contributed by atoms with van der Waals surface area (Å²) in [7, 11) is 0. The molecule has 2 aromatic carbocycles. The Morgan fingerprint density at radius 2 is 1.85 bits per heavy atom. The average Bonchev–Trinajstić information content (AvgIpc) is 2.37. The Hall–Kier alpha value is -1.66. The van der Waals surface area contributed by atoms with Crippen molar-refractivity contribution in [3.63, 3.8) is 0 Å². The second-order valence-electron chi connectivity index (χ2n) is 3.87. The maximum atomic E-state index is 13.7. The number of rotatable bonds is 3. The van der Waals surface area contributed by atoms with Crippen molar-refractivity contribution >= 4 is 44.9 Å². The number of anilines is 2. The van der Waals surface area contributed by atoms with Gasteiger partial charge in [-0.3, -0.25) is 0 Å². The van der Waals surface area contributed by atoms with E-state index >= 15 is 0 Å². The minimum Gasteiger partial charge on any atom is -0.478 e. The van der Waals surface area contributed by atoms with Crippen LogP contribution in [-0.4, -0.2) is 11.1 Å². The maximum absolute atomic E-state index is 13.7. The summed E-state index contributed by atoms with van der Waals surface area (Å²) in [6, 6.07) is 5.93. The fourth-order valence-corrected chi connectivity index (χ4v) is 2.05. The highest BCUT2D eigenvalue weighted by Crippen LogP contribution is 2.28. The molecule has 2 rings (SSSR count). The third-order valence-corrected chi connectivity index (χ3v) is 3.33.